The van der Waals surface area contributed by atoms with Gasteiger partial charge in [-0.15, -0.1) is 0 Å². The summed E-state index contributed by atoms with van der Waals surface area (Å²) in [6.07, 6.45) is 0. The van der Waals surface area contributed by atoms with Crippen LogP contribution in [0.3, 0.4) is 0 Å². The van der Waals surface area contributed by atoms with Crippen LogP contribution in [0.25, 0.3) is 0 Å². The molecule has 4 nitrogen and oxygen atoms in total. The first kappa shape index (κ1) is 13.0. The van der Waals surface area contributed by atoms with Gasteiger partial charge < -0.3 is 15.8 Å². The minimum absolute atomic E-state index is 0.192. The molecule has 0 aliphatic rings. The molecule has 0 saturated heterocycles. The zero-order valence-corrected chi connectivity index (χ0v) is 10.9. The molecular formula is C15H16N2O2. The number of ether oxygens (including phenoxy) is 1. The zero-order chi connectivity index (χ0) is 13.8. The Labute approximate surface area is 112 Å². The number of benzene rings is 2. The number of anilines is 2. The highest BCUT2D eigenvalue weighted by molar-refractivity contribution is 6.04. The van der Waals surface area contributed by atoms with Crippen LogP contribution in [0.1, 0.15) is 15.9 Å². The van der Waals surface area contributed by atoms with Crippen molar-refractivity contribution in [3.8, 4) is 5.75 Å². The van der Waals surface area contributed by atoms with Crippen LogP contribution < -0.4 is 15.8 Å². The van der Waals surface area contributed by atoms with Crippen molar-refractivity contribution in [2.45, 2.75) is 6.92 Å². The Kier molecular flexibility index (Phi) is 3.71. The van der Waals surface area contributed by atoms with Gasteiger partial charge in [-0.25, -0.2) is 0 Å². The fourth-order valence-corrected chi connectivity index (χ4v) is 1.69. The number of rotatable bonds is 3. The molecule has 98 valence electrons. The summed E-state index contributed by atoms with van der Waals surface area (Å²) in [4.78, 5) is 12.1. The number of hydrogen-bond acceptors (Lipinski definition) is 3. The van der Waals surface area contributed by atoms with Gasteiger partial charge in [0.05, 0.1) is 7.11 Å². The van der Waals surface area contributed by atoms with Crippen molar-refractivity contribution in [1.29, 1.82) is 0 Å². The number of amides is 1. The minimum Gasteiger partial charge on any atom is -0.497 e. The van der Waals surface area contributed by atoms with Gasteiger partial charge in [0.25, 0.3) is 5.91 Å². The van der Waals surface area contributed by atoms with Crippen LogP contribution in [0.4, 0.5) is 11.4 Å². The third-order valence-corrected chi connectivity index (χ3v) is 2.87. The van der Waals surface area contributed by atoms with Gasteiger partial charge in [-0.2, -0.15) is 0 Å². The standard InChI is InChI=1S/C15H16N2O2/c1-10-6-7-12(9-14(10)16)17-15(18)11-4-3-5-13(8-11)19-2/h3-9H,16H2,1-2H3,(H,17,18). The molecule has 0 aliphatic carbocycles. The van der Waals surface area contributed by atoms with Gasteiger partial charge >= 0.3 is 0 Å². The number of carbonyl (C=O) groups is 1. The van der Waals surface area contributed by atoms with Crippen molar-refractivity contribution in [1.82, 2.24) is 0 Å². The number of carbonyl (C=O) groups excluding carboxylic acids is 1. The zero-order valence-electron chi connectivity index (χ0n) is 10.9. The van der Waals surface area contributed by atoms with E-state index in [0.717, 1.165) is 5.56 Å². The first-order valence-electron chi connectivity index (χ1n) is 5.91. The maximum Gasteiger partial charge on any atom is 0.255 e. The predicted octanol–water partition coefficient (Wildman–Crippen LogP) is 2.84. The van der Waals surface area contributed by atoms with E-state index in [4.69, 9.17) is 10.5 Å². The monoisotopic (exact) mass is 256 g/mol. The second-order valence-corrected chi connectivity index (χ2v) is 4.26. The molecule has 0 radical (unpaired) electrons. The molecule has 0 spiro atoms. The molecule has 0 saturated carbocycles. The van der Waals surface area contributed by atoms with Crippen molar-refractivity contribution >= 4 is 17.3 Å². The third kappa shape index (κ3) is 3.04. The third-order valence-electron chi connectivity index (χ3n) is 2.87. The smallest absolute Gasteiger partial charge is 0.255 e. The summed E-state index contributed by atoms with van der Waals surface area (Å²) in [5.41, 5.74) is 8.67. The number of aryl methyl sites for hydroxylation is 1. The lowest BCUT2D eigenvalue weighted by molar-refractivity contribution is 0.102. The summed E-state index contributed by atoms with van der Waals surface area (Å²) in [6.45, 7) is 1.92. The molecule has 2 aromatic rings. The van der Waals surface area contributed by atoms with Gasteiger partial charge in [-0.1, -0.05) is 12.1 Å². The fourth-order valence-electron chi connectivity index (χ4n) is 1.69. The molecule has 0 aliphatic heterocycles. The number of nitrogens with one attached hydrogen (secondary N) is 1. The summed E-state index contributed by atoms with van der Waals surface area (Å²) in [6, 6.07) is 12.4. The predicted molar refractivity (Wildman–Crippen MR) is 76.5 cm³/mol. The topological polar surface area (TPSA) is 64.3 Å². The molecular weight excluding hydrogens is 240 g/mol. The summed E-state index contributed by atoms with van der Waals surface area (Å²) < 4.78 is 5.09. The Morgan fingerprint density at radius 3 is 2.68 bits per heavy atom. The van der Waals surface area contributed by atoms with E-state index in [1.165, 1.54) is 0 Å². The average Bonchev–Trinajstić information content (AvgIpc) is 2.43. The Hall–Kier alpha value is -2.49. The van der Waals surface area contributed by atoms with Crippen LogP contribution in [0.15, 0.2) is 42.5 Å². The van der Waals surface area contributed by atoms with E-state index in [1.807, 2.05) is 19.1 Å². The van der Waals surface area contributed by atoms with Crippen LogP contribution >= 0.6 is 0 Å². The highest BCUT2D eigenvalue weighted by Crippen LogP contribution is 2.19. The normalized spacial score (nSPS) is 10.0. The SMILES string of the molecule is COc1cccc(C(=O)Nc2ccc(C)c(N)c2)c1. The van der Waals surface area contributed by atoms with Crippen LogP contribution in [0.2, 0.25) is 0 Å². The Bertz CT molecular complexity index is 609. The average molecular weight is 256 g/mol. The van der Waals surface area contributed by atoms with Crippen molar-refractivity contribution in [3.05, 3.63) is 53.6 Å². The molecule has 0 fully saturated rings. The van der Waals surface area contributed by atoms with Crippen molar-refractivity contribution in [2.24, 2.45) is 0 Å². The molecule has 2 rings (SSSR count). The van der Waals surface area contributed by atoms with Crippen LogP contribution in [0, 0.1) is 6.92 Å². The van der Waals surface area contributed by atoms with E-state index in [2.05, 4.69) is 5.32 Å². The highest BCUT2D eigenvalue weighted by atomic mass is 16.5. The molecule has 1 amide bonds. The molecule has 2 aromatic carbocycles. The van der Waals surface area contributed by atoms with Gasteiger partial charge in [0.2, 0.25) is 0 Å². The summed E-state index contributed by atoms with van der Waals surface area (Å²) in [7, 11) is 1.57. The van der Waals surface area contributed by atoms with Gasteiger partial charge in [-0.3, -0.25) is 4.79 Å². The van der Waals surface area contributed by atoms with E-state index in [9.17, 15) is 4.79 Å². The Morgan fingerprint density at radius 2 is 2.00 bits per heavy atom. The van der Waals surface area contributed by atoms with Crippen molar-refractivity contribution in [2.75, 3.05) is 18.2 Å². The highest BCUT2D eigenvalue weighted by Gasteiger charge is 2.07. The largest absolute Gasteiger partial charge is 0.497 e. The lowest BCUT2D eigenvalue weighted by atomic mass is 10.1. The maximum absolute atomic E-state index is 12.1. The van der Waals surface area contributed by atoms with E-state index in [0.29, 0.717) is 22.7 Å². The Balaban J connectivity index is 2.18. The molecule has 0 bridgehead atoms. The quantitative estimate of drug-likeness (QED) is 0.830. The van der Waals surface area contributed by atoms with Crippen LogP contribution in [-0.2, 0) is 0 Å². The lowest BCUT2D eigenvalue weighted by Crippen LogP contribution is -2.12. The second-order valence-electron chi connectivity index (χ2n) is 4.26. The first-order valence-corrected chi connectivity index (χ1v) is 5.91. The fraction of sp³-hybridized carbons (Fsp3) is 0.133. The van der Waals surface area contributed by atoms with Crippen molar-refractivity contribution in [3.63, 3.8) is 0 Å². The maximum atomic E-state index is 12.1. The van der Waals surface area contributed by atoms with Gasteiger partial charge in [-0.05, 0) is 42.8 Å². The van der Waals surface area contributed by atoms with Gasteiger partial charge in [0.15, 0.2) is 0 Å². The molecule has 0 unspecified atom stereocenters. The summed E-state index contributed by atoms with van der Waals surface area (Å²) in [5.74, 6) is 0.457. The minimum atomic E-state index is -0.192. The van der Waals surface area contributed by atoms with E-state index < -0.39 is 0 Å². The summed E-state index contributed by atoms with van der Waals surface area (Å²) in [5, 5.41) is 2.80. The number of methoxy groups -OCH3 is 1. The van der Waals surface area contributed by atoms with Gasteiger partial charge in [0, 0.05) is 16.9 Å². The number of nitrogens with two attached hydrogens (primary N) is 1. The number of nitrogen functional groups attached to an aromatic ring is 1. The van der Waals surface area contributed by atoms with Crippen LogP contribution in [-0.4, -0.2) is 13.0 Å². The van der Waals surface area contributed by atoms with E-state index in [-0.39, 0.29) is 5.91 Å². The molecule has 0 atom stereocenters. The molecule has 0 heterocycles. The molecule has 3 N–H and O–H groups in total. The van der Waals surface area contributed by atoms with Crippen molar-refractivity contribution < 1.29 is 9.53 Å². The van der Waals surface area contributed by atoms with Gasteiger partial charge in [0.1, 0.15) is 5.75 Å². The summed E-state index contributed by atoms with van der Waals surface area (Å²) >= 11 is 0. The molecule has 19 heavy (non-hydrogen) atoms. The second kappa shape index (κ2) is 5.44. The molecule has 4 heteroatoms. The van der Waals surface area contributed by atoms with E-state index in [1.54, 1.807) is 37.4 Å². The Morgan fingerprint density at radius 1 is 1.21 bits per heavy atom. The van der Waals surface area contributed by atoms with E-state index >= 15 is 0 Å². The van der Waals surface area contributed by atoms with Crippen LogP contribution in [0.5, 0.6) is 5.75 Å². The first-order chi connectivity index (χ1) is 9.10. The molecule has 0 aromatic heterocycles. The lowest BCUT2D eigenvalue weighted by Gasteiger charge is -2.08. The number of hydrogen-bond donors (Lipinski definition) is 2.